The number of nitrogens with zero attached hydrogens (tertiary/aromatic N) is 1. The molecule has 0 N–H and O–H groups in total. The molecule has 0 saturated carbocycles. The van der Waals surface area contributed by atoms with Crippen molar-refractivity contribution in [2.75, 3.05) is 0 Å². The Morgan fingerprint density at radius 3 is 2.20 bits per heavy atom. The topological polar surface area (TPSA) is 23.8 Å². The van der Waals surface area contributed by atoms with Gasteiger partial charge in [0.05, 0.1) is 6.07 Å². The summed E-state index contributed by atoms with van der Waals surface area (Å²) in [4.78, 5) is 0. The predicted octanol–water partition coefficient (Wildman–Crippen LogP) is 2.04. The van der Waals surface area contributed by atoms with Gasteiger partial charge in [0.15, 0.2) is 0 Å². The summed E-state index contributed by atoms with van der Waals surface area (Å²) in [6, 6.07) is 1.99. The Morgan fingerprint density at radius 2 is 1.80 bits per heavy atom. The van der Waals surface area contributed by atoms with E-state index >= 15 is 0 Å². The van der Waals surface area contributed by atoms with Crippen molar-refractivity contribution in [3.63, 3.8) is 0 Å². The Balaban J connectivity index is 4.25. The third-order valence-corrected chi connectivity index (χ3v) is 0.987. The first-order valence-electron chi connectivity index (χ1n) is 2.92. The van der Waals surface area contributed by atoms with Crippen LogP contribution in [0.15, 0.2) is 23.3 Å². The number of terminal acetylenes is 1. The second-order valence-corrected chi connectivity index (χ2v) is 1.96. The molecule has 10 heavy (non-hydrogen) atoms. The zero-order chi connectivity index (χ0) is 7.98. The zero-order valence-electron chi connectivity index (χ0n) is 6.18. The lowest BCUT2D eigenvalue weighted by Crippen LogP contribution is -1.67. The van der Waals surface area contributed by atoms with Crippen molar-refractivity contribution in [3.05, 3.63) is 23.3 Å². The number of hydrogen-bond donors (Lipinski definition) is 0. The smallest absolute Gasteiger partial charge is 0.0944 e. The molecule has 0 amide bonds. The molecule has 0 aromatic carbocycles. The molecule has 0 atom stereocenters. The second kappa shape index (κ2) is 4.41. The van der Waals surface area contributed by atoms with Crippen LogP contribution in [-0.2, 0) is 0 Å². The van der Waals surface area contributed by atoms with Gasteiger partial charge in [-0.3, -0.25) is 0 Å². The highest BCUT2D eigenvalue weighted by Crippen LogP contribution is 1.94. The minimum atomic E-state index is 0.662. The van der Waals surface area contributed by atoms with Gasteiger partial charge >= 0.3 is 0 Å². The van der Waals surface area contributed by atoms with Crippen LogP contribution in [0.25, 0.3) is 0 Å². The summed E-state index contributed by atoms with van der Waals surface area (Å²) in [5.41, 5.74) is 1.49. The maximum Gasteiger partial charge on any atom is 0.0944 e. The molecule has 1 heteroatoms. The van der Waals surface area contributed by atoms with Crippen LogP contribution in [-0.4, -0.2) is 0 Å². The van der Waals surface area contributed by atoms with Gasteiger partial charge in [-0.25, -0.2) is 0 Å². The molecule has 0 aromatic rings. The van der Waals surface area contributed by atoms with Gasteiger partial charge in [-0.15, -0.1) is 6.42 Å². The van der Waals surface area contributed by atoms with Crippen molar-refractivity contribution in [2.24, 2.45) is 0 Å². The van der Waals surface area contributed by atoms with E-state index in [0.29, 0.717) is 5.57 Å². The van der Waals surface area contributed by atoms with E-state index in [1.165, 1.54) is 0 Å². The molecule has 0 bridgehead atoms. The molecule has 0 aliphatic carbocycles. The second-order valence-electron chi connectivity index (χ2n) is 1.96. The van der Waals surface area contributed by atoms with Crippen LogP contribution in [0.1, 0.15) is 13.8 Å². The van der Waals surface area contributed by atoms with E-state index < -0.39 is 0 Å². The van der Waals surface area contributed by atoms with E-state index in [0.717, 1.165) is 5.57 Å². The van der Waals surface area contributed by atoms with Gasteiger partial charge in [-0.05, 0) is 31.6 Å². The number of hydrogen-bond acceptors (Lipinski definition) is 1. The molecule has 0 unspecified atom stereocenters. The molecule has 0 heterocycles. The molecule has 0 rings (SSSR count). The Labute approximate surface area is 61.7 Å². The van der Waals surface area contributed by atoms with Crippen molar-refractivity contribution in [1.29, 1.82) is 5.26 Å². The summed E-state index contributed by atoms with van der Waals surface area (Å²) < 4.78 is 0. The van der Waals surface area contributed by atoms with Crippen LogP contribution in [0.5, 0.6) is 0 Å². The fourth-order valence-corrected chi connectivity index (χ4v) is 0.335. The van der Waals surface area contributed by atoms with Gasteiger partial charge in [0.2, 0.25) is 0 Å². The van der Waals surface area contributed by atoms with Crippen molar-refractivity contribution in [3.8, 4) is 18.4 Å². The fraction of sp³-hybridized carbons (Fsp3) is 0.222. The largest absolute Gasteiger partial charge is 0.193 e. The summed E-state index contributed by atoms with van der Waals surface area (Å²) in [7, 11) is 0. The van der Waals surface area contributed by atoms with Crippen LogP contribution >= 0.6 is 0 Å². The predicted molar refractivity (Wildman–Crippen MR) is 42.0 cm³/mol. The summed E-state index contributed by atoms with van der Waals surface area (Å²) in [6.07, 6.45) is 8.52. The Kier molecular flexibility index (Phi) is 3.76. The molecule has 1 nitrogen and oxygen atoms in total. The Hall–Kier alpha value is -1.47. The molecule has 50 valence electrons. The van der Waals surface area contributed by atoms with E-state index in [4.69, 9.17) is 11.7 Å². The average Bonchev–Trinajstić information content (AvgIpc) is 1.99. The monoisotopic (exact) mass is 131 g/mol. The standard InChI is InChI=1S/C9H9N/c1-4-8(2)5-6-9(3)7-10/h1,5-6H,2-3H3/b8-5-,9-6+. The lowest BCUT2D eigenvalue weighted by Gasteiger charge is -1.82. The van der Waals surface area contributed by atoms with Crippen LogP contribution in [0, 0.1) is 23.7 Å². The molecular weight excluding hydrogens is 122 g/mol. The molecular formula is C9H9N. The lowest BCUT2D eigenvalue weighted by atomic mass is 10.2. The van der Waals surface area contributed by atoms with Crippen LogP contribution < -0.4 is 0 Å². The Bertz CT molecular complexity index is 215. The number of nitriles is 1. The van der Waals surface area contributed by atoms with Gasteiger partial charge in [0, 0.05) is 5.57 Å². The molecule has 0 spiro atoms. The van der Waals surface area contributed by atoms with Crippen LogP contribution in [0.4, 0.5) is 0 Å². The van der Waals surface area contributed by atoms with Crippen molar-refractivity contribution >= 4 is 0 Å². The van der Waals surface area contributed by atoms with Crippen LogP contribution in [0.3, 0.4) is 0 Å². The quantitative estimate of drug-likeness (QED) is 0.303. The first-order valence-corrected chi connectivity index (χ1v) is 2.92. The third-order valence-electron chi connectivity index (χ3n) is 0.987. The minimum absolute atomic E-state index is 0.662. The highest BCUT2D eigenvalue weighted by molar-refractivity contribution is 5.31. The van der Waals surface area contributed by atoms with Crippen molar-refractivity contribution in [2.45, 2.75) is 13.8 Å². The van der Waals surface area contributed by atoms with Gasteiger partial charge in [0.25, 0.3) is 0 Å². The van der Waals surface area contributed by atoms with E-state index in [9.17, 15) is 0 Å². The van der Waals surface area contributed by atoms with E-state index in [2.05, 4.69) is 5.92 Å². The highest BCUT2D eigenvalue weighted by Gasteiger charge is 1.79. The summed E-state index contributed by atoms with van der Waals surface area (Å²) >= 11 is 0. The van der Waals surface area contributed by atoms with Crippen molar-refractivity contribution < 1.29 is 0 Å². The zero-order valence-corrected chi connectivity index (χ0v) is 6.18. The normalized spacial score (nSPS) is 12.0. The van der Waals surface area contributed by atoms with E-state index in [1.807, 2.05) is 13.0 Å². The average molecular weight is 131 g/mol. The molecule has 0 aliphatic heterocycles. The van der Waals surface area contributed by atoms with E-state index in [-0.39, 0.29) is 0 Å². The first kappa shape index (κ1) is 8.53. The van der Waals surface area contributed by atoms with Crippen LogP contribution in [0.2, 0.25) is 0 Å². The van der Waals surface area contributed by atoms with Gasteiger partial charge in [-0.2, -0.15) is 5.26 Å². The van der Waals surface area contributed by atoms with Crippen molar-refractivity contribution in [1.82, 2.24) is 0 Å². The minimum Gasteiger partial charge on any atom is -0.193 e. The number of rotatable bonds is 1. The summed E-state index contributed by atoms with van der Waals surface area (Å²) in [5, 5.41) is 8.32. The Morgan fingerprint density at radius 1 is 1.30 bits per heavy atom. The molecule has 0 radical (unpaired) electrons. The molecule has 0 saturated heterocycles. The fourth-order valence-electron chi connectivity index (χ4n) is 0.335. The van der Waals surface area contributed by atoms with E-state index in [1.54, 1.807) is 19.1 Å². The maximum absolute atomic E-state index is 8.32. The molecule has 0 fully saturated rings. The van der Waals surface area contributed by atoms with Gasteiger partial charge in [-0.1, -0.05) is 5.92 Å². The highest BCUT2D eigenvalue weighted by atomic mass is 14.2. The lowest BCUT2D eigenvalue weighted by molar-refractivity contribution is 1.44. The maximum atomic E-state index is 8.32. The van der Waals surface area contributed by atoms with Gasteiger partial charge in [0.1, 0.15) is 0 Å². The molecule has 0 aliphatic rings. The summed E-state index contributed by atoms with van der Waals surface area (Å²) in [6.45, 7) is 3.56. The third kappa shape index (κ3) is 3.52. The summed E-state index contributed by atoms with van der Waals surface area (Å²) in [5.74, 6) is 2.45. The number of allylic oxidation sites excluding steroid dienone is 4. The first-order chi connectivity index (χ1) is 4.70. The SMILES string of the molecule is C#C/C(C)=C\C=C(/C)C#N. The van der Waals surface area contributed by atoms with Gasteiger partial charge < -0.3 is 0 Å². The molecule has 0 aromatic heterocycles.